The summed E-state index contributed by atoms with van der Waals surface area (Å²) in [5.41, 5.74) is -3.37. The SMILES string of the molecule is C=C(C)CCC(=O)[C@](C)(O)[C@@H]1[C@H](O)C[C@@]2(C)[C@@H]3CC=C4[C@H](C[C@H](O)[C@@H](O[C@@H]5O[C@H](CO)[C@@H](O)[C@H](O)[C@H]5O)C4(C)C)[C@]3(C)C(=O)C[C@]12C. The van der Waals surface area contributed by atoms with Gasteiger partial charge in [-0.1, -0.05) is 51.8 Å². The molecule has 1 saturated heterocycles. The van der Waals surface area contributed by atoms with E-state index in [2.05, 4.69) is 19.6 Å². The van der Waals surface area contributed by atoms with Crippen LogP contribution in [0.2, 0.25) is 0 Å². The molecule has 1 heterocycles. The molecule has 0 aromatic carbocycles. The molecule has 5 rings (SSSR count). The van der Waals surface area contributed by atoms with Crippen molar-refractivity contribution in [1.29, 1.82) is 0 Å². The monoisotopic (exact) mass is 664 g/mol. The summed E-state index contributed by atoms with van der Waals surface area (Å²) < 4.78 is 11.8. The molecule has 0 radical (unpaired) electrons. The van der Waals surface area contributed by atoms with Gasteiger partial charge in [-0.05, 0) is 62.2 Å². The highest BCUT2D eigenvalue weighted by Gasteiger charge is 2.74. The van der Waals surface area contributed by atoms with Crippen LogP contribution in [0.1, 0.15) is 87.0 Å². The Labute approximate surface area is 277 Å². The van der Waals surface area contributed by atoms with Crippen LogP contribution in [0.3, 0.4) is 0 Å². The molecule has 0 aromatic rings. The molecule has 0 spiro atoms. The molecule has 1 aliphatic heterocycles. The Bertz CT molecular complexity index is 1310. The van der Waals surface area contributed by atoms with Gasteiger partial charge >= 0.3 is 0 Å². The predicted octanol–water partition coefficient (Wildman–Crippen LogP) is 1.57. The van der Waals surface area contributed by atoms with E-state index in [9.17, 15) is 45.3 Å². The zero-order chi connectivity index (χ0) is 35.2. The van der Waals surface area contributed by atoms with Crippen molar-refractivity contribution in [2.24, 2.45) is 39.4 Å². The summed E-state index contributed by atoms with van der Waals surface area (Å²) in [4.78, 5) is 28.0. The largest absolute Gasteiger partial charge is 0.394 e. The molecular weight excluding hydrogens is 608 g/mol. The van der Waals surface area contributed by atoms with E-state index in [4.69, 9.17) is 9.47 Å². The number of allylic oxidation sites excluding steroid dienone is 2. The van der Waals surface area contributed by atoms with Crippen LogP contribution in [0.4, 0.5) is 0 Å². The standard InChI is InChI=1S/C36H56O11/c1-17(2)9-12-24(40)36(8,45)29-21(39)14-33(5)23-11-10-18-19(35(23,7)25(41)15-34(29,33)6)13-20(38)30(32(18,3)4)47-31-28(44)27(43)26(42)22(16-37)46-31/h10,19-23,26-31,37-39,42-45H,1,9,11-16H2,2-8H3/t19-,20-,21+,22+,23-,26+,27-,28+,29+,30+,31-,33-,34+,35-,36-/m0/s1. The third kappa shape index (κ3) is 5.26. The van der Waals surface area contributed by atoms with Crippen LogP contribution in [0.15, 0.2) is 23.8 Å². The first-order chi connectivity index (χ1) is 21.6. The number of ketones is 2. The highest BCUT2D eigenvalue weighted by Crippen LogP contribution is 2.74. The second kappa shape index (κ2) is 12.1. The van der Waals surface area contributed by atoms with Crippen molar-refractivity contribution in [3.8, 4) is 0 Å². The second-order valence-corrected chi connectivity index (χ2v) is 16.8. The number of hydrogen-bond donors (Lipinski definition) is 7. The molecule has 0 unspecified atom stereocenters. The van der Waals surface area contributed by atoms with Crippen molar-refractivity contribution in [3.63, 3.8) is 0 Å². The Kier molecular flexibility index (Phi) is 9.42. The molecule has 7 N–H and O–H groups in total. The van der Waals surface area contributed by atoms with Crippen LogP contribution in [0.25, 0.3) is 0 Å². The van der Waals surface area contributed by atoms with Gasteiger partial charge in [0.2, 0.25) is 0 Å². The number of aliphatic hydroxyl groups is 7. The normalized spacial score (nSPS) is 48.9. The van der Waals surface area contributed by atoms with E-state index in [1.807, 2.05) is 34.6 Å². The Morgan fingerprint density at radius 2 is 1.66 bits per heavy atom. The third-order valence-electron chi connectivity index (χ3n) is 13.7. The van der Waals surface area contributed by atoms with Crippen molar-refractivity contribution >= 4 is 11.6 Å². The molecule has 0 bridgehead atoms. The molecular formula is C36H56O11. The zero-order valence-electron chi connectivity index (χ0n) is 28.8. The number of ether oxygens (including phenoxy) is 2. The Balaban J connectivity index is 1.47. The van der Waals surface area contributed by atoms with Gasteiger partial charge in [-0.15, -0.1) is 6.58 Å². The lowest BCUT2D eigenvalue weighted by molar-refractivity contribution is -0.327. The van der Waals surface area contributed by atoms with Crippen molar-refractivity contribution in [3.05, 3.63) is 23.8 Å². The quantitative estimate of drug-likeness (QED) is 0.186. The molecule has 5 aliphatic rings. The van der Waals surface area contributed by atoms with Crippen LogP contribution in [-0.2, 0) is 19.1 Å². The molecule has 4 fully saturated rings. The fraction of sp³-hybridized carbons (Fsp3) is 0.833. The van der Waals surface area contributed by atoms with Crippen LogP contribution >= 0.6 is 0 Å². The van der Waals surface area contributed by atoms with Gasteiger partial charge in [0.25, 0.3) is 0 Å². The van der Waals surface area contributed by atoms with Gasteiger partial charge in [-0.3, -0.25) is 9.59 Å². The molecule has 0 aromatic heterocycles. The zero-order valence-corrected chi connectivity index (χ0v) is 28.8. The summed E-state index contributed by atoms with van der Waals surface area (Å²) >= 11 is 0. The van der Waals surface area contributed by atoms with Crippen LogP contribution in [0, 0.1) is 39.4 Å². The highest BCUT2D eigenvalue weighted by atomic mass is 16.7. The average Bonchev–Trinajstić information content (AvgIpc) is 3.18. The molecule has 47 heavy (non-hydrogen) atoms. The molecule has 3 saturated carbocycles. The number of carbonyl (C=O) groups is 2. The maximum atomic E-state index is 14.6. The van der Waals surface area contributed by atoms with Crippen LogP contribution in [0.5, 0.6) is 0 Å². The molecule has 4 aliphatic carbocycles. The number of carbonyl (C=O) groups excluding carboxylic acids is 2. The number of hydrogen-bond acceptors (Lipinski definition) is 11. The summed E-state index contributed by atoms with van der Waals surface area (Å²) in [6.07, 6.45) is -6.71. The van der Waals surface area contributed by atoms with Crippen molar-refractivity contribution in [2.45, 2.75) is 142 Å². The highest BCUT2D eigenvalue weighted by molar-refractivity contribution is 5.90. The lowest BCUT2D eigenvalue weighted by Crippen LogP contribution is -2.66. The first kappa shape index (κ1) is 36.7. The van der Waals surface area contributed by atoms with Gasteiger partial charge in [0.15, 0.2) is 12.1 Å². The number of Topliss-reactive ketones (excluding diaryl/α,β-unsaturated/α-hetero) is 2. The number of aliphatic hydroxyl groups excluding tert-OH is 6. The topological polar surface area (TPSA) is 194 Å². The minimum absolute atomic E-state index is 0.0290. The maximum absolute atomic E-state index is 14.6. The molecule has 11 nitrogen and oxygen atoms in total. The van der Waals surface area contributed by atoms with Gasteiger partial charge in [0.1, 0.15) is 35.8 Å². The first-order valence-electron chi connectivity index (χ1n) is 17.1. The van der Waals surface area contributed by atoms with Gasteiger partial charge in [-0.25, -0.2) is 0 Å². The van der Waals surface area contributed by atoms with E-state index < -0.39 is 88.8 Å². The Hall–Kier alpha value is -1.54. The van der Waals surface area contributed by atoms with Crippen molar-refractivity contribution in [2.75, 3.05) is 6.61 Å². The van der Waals surface area contributed by atoms with Crippen molar-refractivity contribution in [1.82, 2.24) is 0 Å². The Morgan fingerprint density at radius 3 is 2.26 bits per heavy atom. The number of rotatable bonds is 8. The van der Waals surface area contributed by atoms with E-state index in [0.717, 1.165) is 11.1 Å². The summed E-state index contributed by atoms with van der Waals surface area (Å²) in [6, 6.07) is 0. The second-order valence-electron chi connectivity index (χ2n) is 16.8. The van der Waals surface area contributed by atoms with E-state index in [1.165, 1.54) is 6.92 Å². The van der Waals surface area contributed by atoms with Crippen LogP contribution in [-0.4, -0.2) is 109 Å². The summed E-state index contributed by atoms with van der Waals surface area (Å²) in [5.74, 6) is -1.87. The lowest BCUT2D eigenvalue weighted by atomic mass is 9.38. The fourth-order valence-corrected chi connectivity index (χ4v) is 10.9. The first-order valence-corrected chi connectivity index (χ1v) is 17.1. The van der Waals surface area contributed by atoms with Crippen molar-refractivity contribution < 1.29 is 54.8 Å². The summed E-state index contributed by atoms with van der Waals surface area (Å²) in [7, 11) is 0. The summed E-state index contributed by atoms with van der Waals surface area (Å²) in [5, 5.41) is 75.9. The Morgan fingerprint density at radius 1 is 1.02 bits per heavy atom. The van der Waals surface area contributed by atoms with Gasteiger partial charge in [0, 0.05) is 29.6 Å². The summed E-state index contributed by atoms with van der Waals surface area (Å²) in [6.45, 7) is 16.3. The lowest BCUT2D eigenvalue weighted by Gasteiger charge is -2.65. The van der Waals surface area contributed by atoms with E-state index in [1.54, 1.807) is 0 Å². The maximum Gasteiger partial charge on any atom is 0.187 e. The van der Waals surface area contributed by atoms with Gasteiger partial charge in [-0.2, -0.15) is 0 Å². The molecule has 11 heteroatoms. The van der Waals surface area contributed by atoms with E-state index in [-0.39, 0.29) is 42.7 Å². The van der Waals surface area contributed by atoms with E-state index in [0.29, 0.717) is 19.3 Å². The van der Waals surface area contributed by atoms with Gasteiger partial charge in [0.05, 0.1) is 24.9 Å². The molecule has 15 atom stereocenters. The number of fused-ring (bicyclic) bond motifs is 5. The van der Waals surface area contributed by atoms with Crippen LogP contribution < -0.4 is 0 Å². The van der Waals surface area contributed by atoms with E-state index >= 15 is 0 Å². The minimum atomic E-state index is -1.84. The molecule has 0 amide bonds. The smallest absolute Gasteiger partial charge is 0.187 e. The predicted molar refractivity (Wildman–Crippen MR) is 170 cm³/mol. The molecule has 266 valence electrons. The third-order valence-corrected chi connectivity index (χ3v) is 13.7. The minimum Gasteiger partial charge on any atom is -0.394 e. The van der Waals surface area contributed by atoms with Gasteiger partial charge < -0.3 is 45.2 Å². The fourth-order valence-electron chi connectivity index (χ4n) is 10.9. The average molecular weight is 665 g/mol.